The lowest BCUT2D eigenvalue weighted by atomic mass is 10.0. The van der Waals surface area contributed by atoms with Gasteiger partial charge >= 0.3 is 0 Å². The summed E-state index contributed by atoms with van der Waals surface area (Å²) in [6.07, 6.45) is 3.47. The van der Waals surface area contributed by atoms with Gasteiger partial charge in [-0.2, -0.15) is 0 Å². The van der Waals surface area contributed by atoms with E-state index in [-0.39, 0.29) is 11.8 Å². The third-order valence-electron chi connectivity index (χ3n) is 3.61. The normalized spacial score (nSPS) is 17.6. The first-order valence-electron chi connectivity index (χ1n) is 6.63. The number of nitrogens with one attached hydrogen (secondary N) is 1. The molecular weight excluding hydrogens is 274 g/mol. The van der Waals surface area contributed by atoms with Gasteiger partial charge in [-0.25, -0.2) is 0 Å². The summed E-state index contributed by atoms with van der Waals surface area (Å²) in [4.78, 5) is 3.07. The average Bonchev–Trinajstić information content (AvgIpc) is 2.80. The Hall–Kier alpha value is -1.79. The van der Waals surface area contributed by atoms with E-state index in [2.05, 4.69) is 9.55 Å². The molecule has 1 atom stereocenters. The largest absolute Gasteiger partial charge is 0.504 e. The SMILES string of the molecule is NCCc1c[nH]c(=S)n1C1COc2c(O)cccc2C1. The molecule has 2 heterocycles. The Kier molecular flexibility index (Phi) is 3.50. The van der Waals surface area contributed by atoms with Gasteiger partial charge in [0.15, 0.2) is 16.3 Å². The zero-order valence-corrected chi connectivity index (χ0v) is 11.8. The molecule has 1 aliphatic heterocycles. The average molecular weight is 291 g/mol. The maximum Gasteiger partial charge on any atom is 0.177 e. The molecule has 5 nitrogen and oxygen atoms in total. The van der Waals surface area contributed by atoms with Crippen molar-refractivity contribution < 1.29 is 9.84 Å². The number of aromatic amines is 1. The van der Waals surface area contributed by atoms with E-state index in [9.17, 15) is 5.11 Å². The molecular formula is C14H17N3O2S. The standard InChI is InChI=1S/C14H17N3O2S/c15-5-4-10-7-16-14(20)17(10)11-6-9-2-1-3-12(18)13(9)19-8-11/h1-3,7,11,18H,4-6,8,15H2,(H,16,20). The van der Waals surface area contributed by atoms with Crippen LogP contribution >= 0.6 is 12.2 Å². The molecule has 1 unspecified atom stereocenters. The molecule has 0 aliphatic carbocycles. The zero-order chi connectivity index (χ0) is 14.1. The first kappa shape index (κ1) is 13.2. The number of H-pyrrole nitrogens is 1. The van der Waals surface area contributed by atoms with Crippen molar-refractivity contribution in [2.24, 2.45) is 5.73 Å². The summed E-state index contributed by atoms with van der Waals surface area (Å²) >= 11 is 5.35. The predicted octanol–water partition coefficient (Wildman–Crippen LogP) is 1.93. The molecule has 0 bridgehead atoms. The predicted molar refractivity (Wildman–Crippen MR) is 78.7 cm³/mol. The van der Waals surface area contributed by atoms with Crippen molar-refractivity contribution in [2.45, 2.75) is 18.9 Å². The fraction of sp³-hybridized carbons (Fsp3) is 0.357. The molecule has 106 valence electrons. The first-order valence-corrected chi connectivity index (χ1v) is 7.04. The Bertz CT molecular complexity index is 677. The molecule has 0 fully saturated rings. The van der Waals surface area contributed by atoms with Crippen molar-refractivity contribution in [3.05, 3.63) is 40.4 Å². The summed E-state index contributed by atoms with van der Waals surface area (Å²) in [6.45, 7) is 1.08. The number of aromatic hydroxyl groups is 1. The number of para-hydroxylation sites is 1. The molecule has 0 amide bonds. The fourth-order valence-corrected chi connectivity index (χ4v) is 3.04. The van der Waals surface area contributed by atoms with E-state index in [4.69, 9.17) is 22.7 Å². The smallest absolute Gasteiger partial charge is 0.177 e. The molecule has 1 aliphatic rings. The minimum Gasteiger partial charge on any atom is -0.504 e. The lowest BCUT2D eigenvalue weighted by Gasteiger charge is -2.28. The van der Waals surface area contributed by atoms with Crippen molar-refractivity contribution in [3.63, 3.8) is 0 Å². The van der Waals surface area contributed by atoms with Crippen molar-refractivity contribution in [1.29, 1.82) is 0 Å². The van der Waals surface area contributed by atoms with Gasteiger partial charge in [0.1, 0.15) is 6.61 Å². The quantitative estimate of drug-likeness (QED) is 0.755. The van der Waals surface area contributed by atoms with Gasteiger partial charge < -0.3 is 25.1 Å². The summed E-state index contributed by atoms with van der Waals surface area (Å²) in [7, 11) is 0. The van der Waals surface area contributed by atoms with E-state index in [0.717, 1.165) is 24.1 Å². The number of aromatic nitrogens is 2. The van der Waals surface area contributed by atoms with Crippen LogP contribution in [0.3, 0.4) is 0 Å². The van der Waals surface area contributed by atoms with E-state index in [0.29, 0.717) is 23.7 Å². The number of fused-ring (bicyclic) bond motifs is 1. The van der Waals surface area contributed by atoms with Gasteiger partial charge in [0.25, 0.3) is 0 Å². The lowest BCUT2D eigenvalue weighted by Crippen LogP contribution is -2.26. The lowest BCUT2D eigenvalue weighted by molar-refractivity contribution is 0.212. The molecule has 4 N–H and O–H groups in total. The van der Waals surface area contributed by atoms with Crippen molar-refractivity contribution in [1.82, 2.24) is 9.55 Å². The maximum atomic E-state index is 9.79. The van der Waals surface area contributed by atoms with Crippen LogP contribution in [-0.2, 0) is 12.8 Å². The third-order valence-corrected chi connectivity index (χ3v) is 3.92. The minimum absolute atomic E-state index is 0.129. The van der Waals surface area contributed by atoms with Crippen LogP contribution in [0.5, 0.6) is 11.5 Å². The molecule has 0 spiro atoms. The van der Waals surface area contributed by atoms with Gasteiger partial charge in [-0.05, 0) is 24.8 Å². The highest BCUT2D eigenvalue weighted by atomic mass is 32.1. The van der Waals surface area contributed by atoms with Crippen molar-refractivity contribution in [3.8, 4) is 11.5 Å². The van der Waals surface area contributed by atoms with E-state index in [1.807, 2.05) is 18.3 Å². The Morgan fingerprint density at radius 2 is 2.35 bits per heavy atom. The Labute approximate surface area is 122 Å². The van der Waals surface area contributed by atoms with Gasteiger partial charge in [0.2, 0.25) is 0 Å². The number of ether oxygens (including phenoxy) is 1. The highest BCUT2D eigenvalue weighted by Gasteiger charge is 2.25. The van der Waals surface area contributed by atoms with Crippen LogP contribution in [0.1, 0.15) is 17.3 Å². The van der Waals surface area contributed by atoms with Crippen LogP contribution in [0, 0.1) is 4.77 Å². The number of hydrogen-bond donors (Lipinski definition) is 3. The number of hydrogen-bond acceptors (Lipinski definition) is 4. The number of nitrogens with two attached hydrogens (primary N) is 1. The van der Waals surface area contributed by atoms with Gasteiger partial charge in [-0.1, -0.05) is 12.1 Å². The number of phenolic OH excluding ortho intramolecular Hbond substituents is 1. The second-order valence-electron chi connectivity index (χ2n) is 4.93. The van der Waals surface area contributed by atoms with Crippen molar-refractivity contribution >= 4 is 12.2 Å². The van der Waals surface area contributed by atoms with Crippen LogP contribution in [-0.4, -0.2) is 27.8 Å². The zero-order valence-electron chi connectivity index (χ0n) is 11.0. The first-order chi connectivity index (χ1) is 9.70. The Balaban J connectivity index is 1.94. The number of rotatable bonds is 3. The van der Waals surface area contributed by atoms with Crippen LogP contribution in [0.15, 0.2) is 24.4 Å². The molecule has 1 aromatic heterocycles. The summed E-state index contributed by atoms with van der Waals surface area (Å²) in [5.41, 5.74) is 7.73. The van der Waals surface area contributed by atoms with Gasteiger partial charge in [0, 0.05) is 30.3 Å². The fourth-order valence-electron chi connectivity index (χ4n) is 2.71. The second kappa shape index (κ2) is 5.30. The van der Waals surface area contributed by atoms with Crippen molar-refractivity contribution in [2.75, 3.05) is 13.2 Å². The summed E-state index contributed by atoms with van der Waals surface area (Å²) in [6, 6.07) is 5.57. The molecule has 0 radical (unpaired) electrons. The minimum atomic E-state index is 0.129. The summed E-state index contributed by atoms with van der Waals surface area (Å²) in [5.74, 6) is 0.784. The highest BCUT2D eigenvalue weighted by Crippen LogP contribution is 2.36. The third kappa shape index (κ3) is 2.21. The Morgan fingerprint density at radius 1 is 1.50 bits per heavy atom. The number of phenols is 1. The van der Waals surface area contributed by atoms with E-state index in [1.54, 1.807) is 6.07 Å². The van der Waals surface area contributed by atoms with E-state index in [1.165, 1.54) is 0 Å². The highest BCUT2D eigenvalue weighted by molar-refractivity contribution is 7.71. The van der Waals surface area contributed by atoms with Gasteiger partial charge in [-0.3, -0.25) is 0 Å². The van der Waals surface area contributed by atoms with Gasteiger partial charge in [-0.15, -0.1) is 0 Å². The maximum absolute atomic E-state index is 9.79. The summed E-state index contributed by atoms with van der Waals surface area (Å²) in [5, 5.41) is 9.79. The number of benzene rings is 1. The van der Waals surface area contributed by atoms with Crippen LogP contribution in [0.25, 0.3) is 0 Å². The van der Waals surface area contributed by atoms with E-state index >= 15 is 0 Å². The summed E-state index contributed by atoms with van der Waals surface area (Å²) < 4.78 is 8.48. The molecule has 0 saturated heterocycles. The molecule has 6 heteroatoms. The van der Waals surface area contributed by atoms with E-state index < -0.39 is 0 Å². The molecule has 0 saturated carbocycles. The van der Waals surface area contributed by atoms with Crippen LogP contribution in [0.4, 0.5) is 0 Å². The number of nitrogens with zero attached hydrogens (tertiary/aromatic N) is 1. The molecule has 3 rings (SSSR count). The monoisotopic (exact) mass is 291 g/mol. The Morgan fingerprint density at radius 3 is 3.15 bits per heavy atom. The molecule has 20 heavy (non-hydrogen) atoms. The number of imidazole rings is 1. The topological polar surface area (TPSA) is 76.2 Å². The second-order valence-corrected chi connectivity index (χ2v) is 5.31. The van der Waals surface area contributed by atoms with Crippen LogP contribution in [0.2, 0.25) is 0 Å². The van der Waals surface area contributed by atoms with Gasteiger partial charge in [0.05, 0.1) is 6.04 Å². The van der Waals surface area contributed by atoms with Crippen LogP contribution < -0.4 is 10.5 Å². The molecule has 2 aromatic rings. The molecule has 1 aromatic carbocycles.